The first-order valence-corrected chi connectivity index (χ1v) is 5.85. The molecule has 2 rings (SSSR count). The van der Waals surface area contributed by atoms with E-state index in [1.54, 1.807) is 7.05 Å². The molecule has 17 heavy (non-hydrogen) atoms. The van der Waals surface area contributed by atoms with Crippen LogP contribution in [0.2, 0.25) is 0 Å². The predicted octanol–water partition coefficient (Wildman–Crippen LogP) is 1.16. The van der Waals surface area contributed by atoms with Crippen molar-refractivity contribution >= 4 is 11.8 Å². The Morgan fingerprint density at radius 1 is 1.53 bits per heavy atom. The summed E-state index contributed by atoms with van der Waals surface area (Å²) in [6.07, 6.45) is 3.73. The van der Waals surface area contributed by atoms with E-state index in [-0.39, 0.29) is 5.82 Å². The highest BCUT2D eigenvalue weighted by Crippen LogP contribution is 2.24. The van der Waals surface area contributed by atoms with E-state index in [4.69, 9.17) is 0 Å². The van der Waals surface area contributed by atoms with E-state index in [2.05, 4.69) is 32.5 Å². The molecule has 1 aromatic rings. The van der Waals surface area contributed by atoms with E-state index < -0.39 is 5.82 Å². The first kappa shape index (κ1) is 12.0. The highest BCUT2D eigenvalue weighted by atomic mass is 19.1. The lowest BCUT2D eigenvalue weighted by molar-refractivity contribution is 0.337. The Labute approximate surface area is 100 Å². The summed E-state index contributed by atoms with van der Waals surface area (Å²) in [7, 11) is 3.80. The third-order valence-corrected chi connectivity index (χ3v) is 2.89. The fourth-order valence-electron chi connectivity index (χ4n) is 1.66. The number of halogens is 1. The minimum Gasteiger partial charge on any atom is -0.366 e. The van der Waals surface area contributed by atoms with E-state index in [0.29, 0.717) is 12.5 Å². The zero-order valence-electron chi connectivity index (χ0n) is 10.2. The summed E-state index contributed by atoms with van der Waals surface area (Å²) in [5.74, 6) is 0.260. The van der Waals surface area contributed by atoms with Crippen molar-refractivity contribution in [2.24, 2.45) is 0 Å². The van der Waals surface area contributed by atoms with Crippen molar-refractivity contribution < 1.29 is 4.39 Å². The average Bonchev–Trinajstić information content (AvgIpc) is 3.15. The second kappa shape index (κ2) is 5.27. The molecule has 1 saturated carbocycles. The van der Waals surface area contributed by atoms with E-state index in [9.17, 15) is 4.39 Å². The molecule has 1 aliphatic rings. The fourth-order valence-corrected chi connectivity index (χ4v) is 1.66. The minimum absolute atomic E-state index is 0.258. The van der Waals surface area contributed by atoms with Crippen LogP contribution in [-0.4, -0.2) is 48.1 Å². The minimum atomic E-state index is -0.418. The lowest BCUT2D eigenvalue weighted by atomic mass is 10.4. The van der Waals surface area contributed by atoms with Gasteiger partial charge in [0.25, 0.3) is 0 Å². The lowest BCUT2D eigenvalue weighted by Crippen LogP contribution is -2.27. The molecule has 0 saturated heterocycles. The molecule has 0 spiro atoms. The first-order valence-electron chi connectivity index (χ1n) is 5.85. The standard InChI is InChI=1S/C11H18FN5/c1-13-11-15-7-9(12)10(16-11)14-5-6-17(2)8-3-4-8/h7-8H,3-6H2,1-2H3,(H2,13,14,15,16). The van der Waals surface area contributed by atoms with Crippen LogP contribution in [0.5, 0.6) is 0 Å². The molecule has 5 nitrogen and oxygen atoms in total. The van der Waals surface area contributed by atoms with E-state index in [1.807, 2.05) is 0 Å². The second-order valence-electron chi connectivity index (χ2n) is 4.28. The number of nitrogens with zero attached hydrogens (tertiary/aromatic N) is 3. The zero-order valence-corrected chi connectivity index (χ0v) is 10.2. The molecule has 6 heteroatoms. The van der Waals surface area contributed by atoms with Crippen LogP contribution >= 0.6 is 0 Å². The van der Waals surface area contributed by atoms with E-state index in [1.165, 1.54) is 19.0 Å². The Balaban J connectivity index is 1.84. The Morgan fingerprint density at radius 2 is 2.29 bits per heavy atom. The van der Waals surface area contributed by atoms with Crippen LogP contribution in [0.15, 0.2) is 6.20 Å². The molecule has 0 bridgehead atoms. The third-order valence-electron chi connectivity index (χ3n) is 2.89. The lowest BCUT2D eigenvalue weighted by Gasteiger charge is -2.16. The Hall–Kier alpha value is -1.43. The number of hydrogen-bond donors (Lipinski definition) is 2. The zero-order chi connectivity index (χ0) is 12.3. The van der Waals surface area contributed by atoms with Gasteiger partial charge in [-0.15, -0.1) is 0 Å². The summed E-state index contributed by atoms with van der Waals surface area (Å²) in [6, 6.07) is 0.722. The van der Waals surface area contributed by atoms with Crippen LogP contribution in [0, 0.1) is 5.82 Å². The predicted molar refractivity (Wildman–Crippen MR) is 65.7 cm³/mol. The van der Waals surface area contributed by atoms with Crippen molar-refractivity contribution in [3.8, 4) is 0 Å². The van der Waals surface area contributed by atoms with Crippen molar-refractivity contribution in [3.05, 3.63) is 12.0 Å². The molecule has 94 valence electrons. The maximum absolute atomic E-state index is 13.4. The van der Waals surface area contributed by atoms with Gasteiger partial charge in [0.1, 0.15) is 0 Å². The molecular weight excluding hydrogens is 221 g/mol. The summed E-state index contributed by atoms with van der Waals surface area (Å²) in [5, 5.41) is 5.78. The maximum atomic E-state index is 13.4. The number of hydrogen-bond acceptors (Lipinski definition) is 5. The van der Waals surface area contributed by atoms with Gasteiger partial charge in [-0.1, -0.05) is 0 Å². The SMILES string of the molecule is CNc1ncc(F)c(NCCN(C)C2CC2)n1. The van der Waals surface area contributed by atoms with Gasteiger partial charge in [0.2, 0.25) is 5.95 Å². The van der Waals surface area contributed by atoms with Crippen LogP contribution in [0.25, 0.3) is 0 Å². The number of likely N-dealkylation sites (N-methyl/N-ethyl adjacent to an activating group) is 1. The number of nitrogens with one attached hydrogen (secondary N) is 2. The quantitative estimate of drug-likeness (QED) is 0.780. The highest BCUT2D eigenvalue weighted by molar-refractivity contribution is 5.40. The van der Waals surface area contributed by atoms with Gasteiger partial charge in [-0.2, -0.15) is 4.98 Å². The van der Waals surface area contributed by atoms with Crippen molar-refractivity contribution in [1.29, 1.82) is 0 Å². The van der Waals surface area contributed by atoms with Crippen molar-refractivity contribution in [2.45, 2.75) is 18.9 Å². The van der Waals surface area contributed by atoms with Crippen molar-refractivity contribution in [1.82, 2.24) is 14.9 Å². The fraction of sp³-hybridized carbons (Fsp3) is 0.636. The smallest absolute Gasteiger partial charge is 0.224 e. The summed E-state index contributed by atoms with van der Waals surface area (Å²) >= 11 is 0. The highest BCUT2D eigenvalue weighted by Gasteiger charge is 2.25. The number of anilines is 2. The van der Waals surface area contributed by atoms with Crippen molar-refractivity contribution in [2.75, 3.05) is 37.8 Å². The molecule has 0 atom stereocenters. The molecule has 1 aromatic heterocycles. The molecule has 1 fully saturated rings. The van der Waals surface area contributed by atoms with Gasteiger partial charge in [0.15, 0.2) is 11.6 Å². The Kier molecular flexibility index (Phi) is 3.73. The Morgan fingerprint density at radius 3 is 2.94 bits per heavy atom. The van der Waals surface area contributed by atoms with Crippen molar-refractivity contribution in [3.63, 3.8) is 0 Å². The van der Waals surface area contributed by atoms with Crippen LogP contribution < -0.4 is 10.6 Å². The molecule has 1 heterocycles. The number of aromatic nitrogens is 2. The largest absolute Gasteiger partial charge is 0.366 e. The second-order valence-corrected chi connectivity index (χ2v) is 4.28. The van der Waals surface area contributed by atoms with Crippen LogP contribution in [-0.2, 0) is 0 Å². The van der Waals surface area contributed by atoms with Gasteiger partial charge in [-0.3, -0.25) is 0 Å². The van der Waals surface area contributed by atoms with Crippen LogP contribution in [0.3, 0.4) is 0 Å². The van der Waals surface area contributed by atoms with Gasteiger partial charge < -0.3 is 15.5 Å². The summed E-state index contributed by atoms with van der Waals surface area (Å²) < 4.78 is 13.4. The monoisotopic (exact) mass is 239 g/mol. The molecular formula is C11H18FN5. The van der Waals surface area contributed by atoms with Crippen LogP contribution in [0.4, 0.5) is 16.2 Å². The third kappa shape index (κ3) is 3.26. The first-order chi connectivity index (χ1) is 8.20. The molecule has 1 aliphatic carbocycles. The van der Waals surface area contributed by atoms with Gasteiger partial charge >= 0.3 is 0 Å². The topological polar surface area (TPSA) is 53.1 Å². The summed E-state index contributed by atoms with van der Waals surface area (Å²) in [5.41, 5.74) is 0. The Bertz CT molecular complexity index is 380. The maximum Gasteiger partial charge on any atom is 0.224 e. The summed E-state index contributed by atoms with van der Waals surface area (Å²) in [6.45, 7) is 1.58. The molecule has 0 amide bonds. The molecule has 0 unspecified atom stereocenters. The summed E-state index contributed by atoms with van der Waals surface area (Å²) in [4.78, 5) is 10.1. The van der Waals surface area contributed by atoms with E-state index in [0.717, 1.165) is 12.6 Å². The molecule has 2 N–H and O–H groups in total. The van der Waals surface area contributed by atoms with Crippen LogP contribution in [0.1, 0.15) is 12.8 Å². The van der Waals surface area contributed by atoms with Gasteiger partial charge in [-0.05, 0) is 19.9 Å². The molecule has 0 aliphatic heterocycles. The van der Waals surface area contributed by atoms with E-state index >= 15 is 0 Å². The van der Waals surface area contributed by atoms with Gasteiger partial charge in [0.05, 0.1) is 6.20 Å². The molecule has 0 aromatic carbocycles. The number of rotatable bonds is 6. The normalized spacial score (nSPS) is 15.1. The van der Waals surface area contributed by atoms with Gasteiger partial charge in [0, 0.05) is 26.2 Å². The molecule has 0 radical (unpaired) electrons. The van der Waals surface area contributed by atoms with Gasteiger partial charge in [-0.25, -0.2) is 9.37 Å². The average molecular weight is 239 g/mol.